The summed E-state index contributed by atoms with van der Waals surface area (Å²) in [5.74, 6) is -0.231. The minimum Gasteiger partial charge on any atom is -0.376 e. The molecule has 1 fully saturated rings. The highest BCUT2D eigenvalue weighted by Crippen LogP contribution is 2.19. The highest BCUT2D eigenvalue weighted by molar-refractivity contribution is 5.94. The quantitative estimate of drug-likeness (QED) is 0.676. The smallest absolute Gasteiger partial charge is 0.272 e. The number of nitro benzene ring substituents is 1. The zero-order valence-corrected chi connectivity index (χ0v) is 11.6. The van der Waals surface area contributed by atoms with Crippen LogP contribution in [0.3, 0.4) is 0 Å². The van der Waals surface area contributed by atoms with Gasteiger partial charge < -0.3 is 10.1 Å². The number of amides is 1. The van der Waals surface area contributed by atoms with E-state index in [0.29, 0.717) is 11.1 Å². The number of ether oxygens (including phenoxy) is 1. The van der Waals surface area contributed by atoms with Crippen LogP contribution in [0.1, 0.15) is 35.7 Å². The Bertz CT molecular complexity index is 524. The molecule has 1 aromatic rings. The molecule has 1 aromatic carbocycles. The summed E-state index contributed by atoms with van der Waals surface area (Å²) in [7, 11) is 0. The lowest BCUT2D eigenvalue weighted by Crippen LogP contribution is -2.40. The molecule has 1 N–H and O–H groups in total. The van der Waals surface area contributed by atoms with Crippen LogP contribution in [-0.4, -0.2) is 29.6 Å². The third-order valence-corrected chi connectivity index (χ3v) is 3.54. The number of aryl methyl sites for hydroxylation is 1. The van der Waals surface area contributed by atoms with Crippen molar-refractivity contribution in [2.45, 2.75) is 38.8 Å². The van der Waals surface area contributed by atoms with Gasteiger partial charge in [-0.05, 0) is 38.8 Å². The second kappa shape index (κ2) is 6.00. The Morgan fingerprint density at radius 1 is 1.55 bits per heavy atom. The number of nitrogens with one attached hydrogen (secondary N) is 1. The maximum atomic E-state index is 12.1. The van der Waals surface area contributed by atoms with Gasteiger partial charge in [0, 0.05) is 23.8 Å². The van der Waals surface area contributed by atoms with Gasteiger partial charge in [-0.2, -0.15) is 0 Å². The van der Waals surface area contributed by atoms with E-state index in [1.807, 2.05) is 6.92 Å². The monoisotopic (exact) mass is 278 g/mol. The second-order valence-corrected chi connectivity index (χ2v) is 5.07. The lowest BCUT2D eigenvalue weighted by Gasteiger charge is -2.20. The van der Waals surface area contributed by atoms with Gasteiger partial charge in [-0.1, -0.05) is 0 Å². The van der Waals surface area contributed by atoms with Crippen molar-refractivity contribution < 1.29 is 14.5 Å². The van der Waals surface area contributed by atoms with Gasteiger partial charge >= 0.3 is 0 Å². The van der Waals surface area contributed by atoms with E-state index in [4.69, 9.17) is 4.74 Å². The van der Waals surface area contributed by atoms with Gasteiger partial charge in [0.15, 0.2) is 0 Å². The summed E-state index contributed by atoms with van der Waals surface area (Å²) < 4.78 is 5.52. The Balaban J connectivity index is 2.05. The Morgan fingerprint density at radius 3 is 2.85 bits per heavy atom. The summed E-state index contributed by atoms with van der Waals surface area (Å²) in [6, 6.07) is 4.31. The molecule has 108 valence electrons. The standard InChI is InChI=1S/C14H18N2O4/c1-9-8-11(5-6-12(9)16(18)19)14(17)15-10(2)13-4-3-7-20-13/h5-6,8,10,13H,3-4,7H2,1-2H3,(H,15,17)/t10-,13+/m1/s1. The van der Waals surface area contributed by atoms with Gasteiger partial charge in [0.25, 0.3) is 11.6 Å². The Labute approximate surface area is 117 Å². The third-order valence-electron chi connectivity index (χ3n) is 3.54. The Kier molecular flexibility index (Phi) is 4.34. The molecule has 1 saturated heterocycles. The number of nitro groups is 1. The van der Waals surface area contributed by atoms with E-state index in [1.54, 1.807) is 6.92 Å². The van der Waals surface area contributed by atoms with Crippen molar-refractivity contribution in [3.05, 3.63) is 39.4 Å². The number of rotatable bonds is 4. The van der Waals surface area contributed by atoms with Gasteiger partial charge in [0.05, 0.1) is 17.1 Å². The van der Waals surface area contributed by atoms with Crippen LogP contribution in [0, 0.1) is 17.0 Å². The van der Waals surface area contributed by atoms with Crippen molar-refractivity contribution in [3.63, 3.8) is 0 Å². The Morgan fingerprint density at radius 2 is 2.30 bits per heavy atom. The fourth-order valence-corrected chi connectivity index (χ4v) is 2.38. The average molecular weight is 278 g/mol. The van der Waals surface area contributed by atoms with E-state index in [1.165, 1.54) is 18.2 Å². The predicted octanol–water partition coefficient (Wildman–Crippen LogP) is 2.20. The van der Waals surface area contributed by atoms with Crippen LogP contribution in [0.15, 0.2) is 18.2 Å². The zero-order valence-electron chi connectivity index (χ0n) is 11.6. The molecule has 1 heterocycles. The first-order valence-electron chi connectivity index (χ1n) is 6.66. The van der Waals surface area contributed by atoms with Gasteiger partial charge in [-0.15, -0.1) is 0 Å². The van der Waals surface area contributed by atoms with Gasteiger partial charge in [-0.25, -0.2) is 0 Å². The number of hydrogen-bond donors (Lipinski definition) is 1. The summed E-state index contributed by atoms with van der Waals surface area (Å²) in [4.78, 5) is 22.4. The van der Waals surface area contributed by atoms with Crippen LogP contribution in [0.5, 0.6) is 0 Å². The first kappa shape index (κ1) is 14.5. The Hall–Kier alpha value is -1.95. The predicted molar refractivity (Wildman–Crippen MR) is 73.7 cm³/mol. The molecule has 1 amide bonds. The molecule has 6 nitrogen and oxygen atoms in total. The van der Waals surface area contributed by atoms with Crippen LogP contribution in [-0.2, 0) is 4.74 Å². The lowest BCUT2D eigenvalue weighted by atomic mass is 10.1. The summed E-state index contributed by atoms with van der Waals surface area (Å²) in [5.41, 5.74) is 0.930. The lowest BCUT2D eigenvalue weighted by molar-refractivity contribution is -0.385. The van der Waals surface area contributed by atoms with Crippen molar-refractivity contribution >= 4 is 11.6 Å². The molecule has 0 spiro atoms. The number of nitrogens with zero attached hydrogens (tertiary/aromatic N) is 1. The highest BCUT2D eigenvalue weighted by Gasteiger charge is 2.24. The van der Waals surface area contributed by atoms with E-state index in [-0.39, 0.29) is 23.7 Å². The van der Waals surface area contributed by atoms with E-state index in [9.17, 15) is 14.9 Å². The molecule has 0 aliphatic carbocycles. The van der Waals surface area contributed by atoms with Gasteiger partial charge in [0.2, 0.25) is 0 Å². The molecule has 0 aromatic heterocycles. The molecular weight excluding hydrogens is 260 g/mol. The molecule has 0 radical (unpaired) electrons. The summed E-state index contributed by atoms with van der Waals surface area (Å²) in [5, 5.41) is 13.6. The molecule has 0 unspecified atom stereocenters. The fraction of sp³-hybridized carbons (Fsp3) is 0.500. The number of carbonyl (C=O) groups is 1. The SMILES string of the molecule is Cc1cc(C(=O)N[C@H](C)[C@@H]2CCCO2)ccc1[N+](=O)[O-]. The zero-order chi connectivity index (χ0) is 14.7. The molecule has 0 bridgehead atoms. The molecule has 2 rings (SSSR count). The molecule has 1 aliphatic heterocycles. The average Bonchev–Trinajstić information content (AvgIpc) is 2.91. The highest BCUT2D eigenvalue weighted by atomic mass is 16.6. The largest absolute Gasteiger partial charge is 0.376 e. The first-order valence-corrected chi connectivity index (χ1v) is 6.66. The maximum Gasteiger partial charge on any atom is 0.272 e. The van der Waals surface area contributed by atoms with Crippen LogP contribution in [0.2, 0.25) is 0 Å². The molecular formula is C14H18N2O4. The van der Waals surface area contributed by atoms with E-state index in [0.717, 1.165) is 19.4 Å². The van der Waals surface area contributed by atoms with Gasteiger partial charge in [0.1, 0.15) is 0 Å². The molecule has 6 heteroatoms. The molecule has 0 saturated carbocycles. The summed E-state index contributed by atoms with van der Waals surface area (Å²) in [6.07, 6.45) is 2.01. The van der Waals surface area contributed by atoms with E-state index in [2.05, 4.69) is 5.32 Å². The normalized spacial score (nSPS) is 19.6. The minimum absolute atomic E-state index is 0.0220. The van der Waals surface area contributed by atoms with Crippen LogP contribution >= 0.6 is 0 Å². The van der Waals surface area contributed by atoms with Gasteiger partial charge in [-0.3, -0.25) is 14.9 Å². The minimum atomic E-state index is -0.452. The van der Waals surface area contributed by atoms with Crippen molar-refractivity contribution in [3.8, 4) is 0 Å². The third kappa shape index (κ3) is 3.14. The first-order chi connectivity index (χ1) is 9.49. The number of hydrogen-bond acceptors (Lipinski definition) is 4. The van der Waals surface area contributed by atoms with Crippen molar-refractivity contribution in [1.29, 1.82) is 0 Å². The molecule has 1 aliphatic rings. The fourth-order valence-electron chi connectivity index (χ4n) is 2.38. The van der Waals surface area contributed by atoms with Crippen molar-refractivity contribution in [1.82, 2.24) is 5.32 Å². The summed E-state index contributed by atoms with van der Waals surface area (Å²) >= 11 is 0. The molecule has 20 heavy (non-hydrogen) atoms. The topological polar surface area (TPSA) is 81.5 Å². The maximum absolute atomic E-state index is 12.1. The molecule has 2 atom stereocenters. The van der Waals surface area contributed by atoms with E-state index >= 15 is 0 Å². The van der Waals surface area contributed by atoms with Crippen molar-refractivity contribution in [2.75, 3.05) is 6.61 Å². The van der Waals surface area contributed by atoms with Crippen LogP contribution in [0.4, 0.5) is 5.69 Å². The van der Waals surface area contributed by atoms with Crippen LogP contribution in [0.25, 0.3) is 0 Å². The van der Waals surface area contributed by atoms with Crippen molar-refractivity contribution in [2.24, 2.45) is 0 Å². The second-order valence-electron chi connectivity index (χ2n) is 5.07. The van der Waals surface area contributed by atoms with E-state index < -0.39 is 4.92 Å². The number of carbonyl (C=O) groups excluding carboxylic acids is 1. The number of benzene rings is 1. The summed E-state index contributed by atoms with van der Waals surface area (Å²) in [6.45, 7) is 4.27. The van der Waals surface area contributed by atoms with Crippen LogP contribution < -0.4 is 5.32 Å².